The van der Waals surface area contributed by atoms with Gasteiger partial charge in [-0.05, 0) is 31.5 Å². The number of aromatic amines is 1. The van der Waals surface area contributed by atoms with Crippen LogP contribution in [-0.4, -0.2) is 40.7 Å². The molecule has 1 unspecified atom stereocenters. The molecule has 1 aromatic carbocycles. The van der Waals surface area contributed by atoms with Gasteiger partial charge in [-0.3, -0.25) is 4.79 Å². The zero-order chi connectivity index (χ0) is 17.7. The van der Waals surface area contributed by atoms with Gasteiger partial charge in [0.2, 0.25) is 5.91 Å². The van der Waals surface area contributed by atoms with Crippen LogP contribution in [0.2, 0.25) is 0 Å². The summed E-state index contributed by atoms with van der Waals surface area (Å²) in [5.41, 5.74) is 1.75. The molecule has 1 aromatic heterocycles. The third kappa shape index (κ3) is 4.82. The molecule has 2 aromatic rings. The topological polar surface area (TPSA) is 91.4 Å². The number of ether oxygens (including phenoxy) is 1. The Morgan fingerprint density at radius 1 is 1.38 bits per heavy atom. The van der Waals surface area contributed by atoms with Crippen LogP contribution in [0, 0.1) is 0 Å². The molecule has 24 heavy (non-hydrogen) atoms. The number of rotatable bonds is 8. The van der Waals surface area contributed by atoms with Crippen molar-refractivity contribution < 1.29 is 19.4 Å². The first-order valence-corrected chi connectivity index (χ1v) is 8.56. The Morgan fingerprint density at radius 2 is 2.12 bits per heavy atom. The maximum atomic E-state index is 11.9. The SMILES string of the molecule is CC(C)OCCC(=O)NC(Cc1c[nH]c2cccc(Br)c12)C(=O)O. The van der Waals surface area contributed by atoms with Crippen LogP contribution in [0.25, 0.3) is 10.9 Å². The lowest BCUT2D eigenvalue weighted by Crippen LogP contribution is -2.42. The number of hydrogen-bond donors (Lipinski definition) is 3. The summed E-state index contributed by atoms with van der Waals surface area (Å²) in [6.45, 7) is 4.04. The van der Waals surface area contributed by atoms with E-state index < -0.39 is 12.0 Å². The first kappa shape index (κ1) is 18.5. The van der Waals surface area contributed by atoms with Crippen LogP contribution in [0.5, 0.6) is 0 Å². The fourth-order valence-corrected chi connectivity index (χ4v) is 3.06. The number of benzene rings is 1. The summed E-state index contributed by atoms with van der Waals surface area (Å²) < 4.78 is 6.20. The quantitative estimate of drug-likeness (QED) is 0.639. The largest absolute Gasteiger partial charge is 0.480 e. The van der Waals surface area contributed by atoms with E-state index in [1.54, 1.807) is 6.20 Å². The van der Waals surface area contributed by atoms with Crippen molar-refractivity contribution >= 4 is 38.7 Å². The number of aliphatic carboxylic acids is 1. The van der Waals surface area contributed by atoms with E-state index in [1.165, 1.54) is 0 Å². The van der Waals surface area contributed by atoms with Gasteiger partial charge in [0.1, 0.15) is 6.04 Å². The third-order valence-electron chi connectivity index (χ3n) is 3.57. The fraction of sp³-hybridized carbons (Fsp3) is 0.412. The highest BCUT2D eigenvalue weighted by atomic mass is 79.9. The van der Waals surface area contributed by atoms with Gasteiger partial charge in [-0.25, -0.2) is 4.79 Å². The van der Waals surface area contributed by atoms with Crippen molar-refractivity contribution in [3.05, 3.63) is 34.4 Å². The molecular formula is C17H21BrN2O4. The molecular weight excluding hydrogens is 376 g/mol. The number of carboxylic acid groups (broad SMARTS) is 1. The van der Waals surface area contributed by atoms with Crippen molar-refractivity contribution in [1.82, 2.24) is 10.3 Å². The molecule has 0 spiro atoms. The van der Waals surface area contributed by atoms with Crippen LogP contribution in [0.1, 0.15) is 25.8 Å². The van der Waals surface area contributed by atoms with Crippen LogP contribution >= 0.6 is 15.9 Å². The highest BCUT2D eigenvalue weighted by Crippen LogP contribution is 2.27. The standard InChI is InChI=1S/C17H21BrN2O4/c1-10(2)24-7-6-15(21)20-14(17(22)23)8-11-9-19-13-5-3-4-12(18)16(11)13/h3-5,9-10,14,19H,6-8H2,1-2H3,(H,20,21)(H,22,23). The Hall–Kier alpha value is -1.86. The molecule has 1 heterocycles. The minimum atomic E-state index is -1.06. The van der Waals surface area contributed by atoms with Gasteiger partial charge < -0.3 is 20.1 Å². The highest BCUT2D eigenvalue weighted by Gasteiger charge is 2.22. The van der Waals surface area contributed by atoms with Gasteiger partial charge in [-0.15, -0.1) is 0 Å². The van der Waals surface area contributed by atoms with Crippen LogP contribution in [0.4, 0.5) is 0 Å². The highest BCUT2D eigenvalue weighted by molar-refractivity contribution is 9.10. The Balaban J connectivity index is 2.05. The molecule has 130 valence electrons. The Labute approximate surface area is 148 Å². The van der Waals surface area contributed by atoms with Crippen LogP contribution < -0.4 is 5.32 Å². The number of amides is 1. The zero-order valence-electron chi connectivity index (χ0n) is 13.6. The lowest BCUT2D eigenvalue weighted by molar-refractivity contribution is -0.142. The van der Waals surface area contributed by atoms with E-state index >= 15 is 0 Å². The summed E-state index contributed by atoms with van der Waals surface area (Å²) >= 11 is 3.48. The number of carbonyl (C=O) groups excluding carboxylic acids is 1. The number of aromatic nitrogens is 1. The number of H-pyrrole nitrogens is 1. The molecule has 7 heteroatoms. The summed E-state index contributed by atoms with van der Waals surface area (Å²) in [4.78, 5) is 26.5. The summed E-state index contributed by atoms with van der Waals surface area (Å²) in [7, 11) is 0. The zero-order valence-corrected chi connectivity index (χ0v) is 15.2. The van der Waals surface area contributed by atoms with Gasteiger partial charge in [0.25, 0.3) is 0 Å². The first-order chi connectivity index (χ1) is 11.4. The molecule has 0 fully saturated rings. The van der Waals surface area contributed by atoms with Gasteiger partial charge in [0.05, 0.1) is 12.7 Å². The number of carboxylic acids is 1. The first-order valence-electron chi connectivity index (χ1n) is 7.76. The molecule has 6 nitrogen and oxygen atoms in total. The maximum Gasteiger partial charge on any atom is 0.326 e. The summed E-state index contributed by atoms with van der Waals surface area (Å²) in [6.07, 6.45) is 2.16. The lowest BCUT2D eigenvalue weighted by atomic mass is 10.0. The normalized spacial score (nSPS) is 12.5. The summed E-state index contributed by atoms with van der Waals surface area (Å²) in [6, 6.07) is 4.73. The predicted octanol–water partition coefficient (Wildman–Crippen LogP) is 2.86. The lowest BCUT2D eigenvalue weighted by Gasteiger charge is -2.15. The minimum Gasteiger partial charge on any atom is -0.480 e. The predicted molar refractivity (Wildman–Crippen MR) is 95.0 cm³/mol. The summed E-state index contributed by atoms with van der Waals surface area (Å²) in [5.74, 6) is -1.39. The van der Waals surface area contributed by atoms with E-state index in [9.17, 15) is 14.7 Å². The van der Waals surface area contributed by atoms with E-state index in [4.69, 9.17) is 4.74 Å². The molecule has 3 N–H and O–H groups in total. The number of halogens is 1. The molecule has 1 amide bonds. The number of hydrogen-bond acceptors (Lipinski definition) is 3. The van der Waals surface area contributed by atoms with E-state index in [2.05, 4.69) is 26.2 Å². The summed E-state index contributed by atoms with van der Waals surface area (Å²) in [5, 5.41) is 12.9. The van der Waals surface area contributed by atoms with Gasteiger partial charge in [-0.1, -0.05) is 22.0 Å². The molecule has 0 aliphatic heterocycles. The van der Waals surface area contributed by atoms with E-state index in [-0.39, 0.29) is 31.5 Å². The molecule has 2 rings (SSSR count). The number of carbonyl (C=O) groups is 2. The van der Waals surface area contributed by atoms with E-state index in [0.717, 1.165) is 20.9 Å². The molecule has 0 radical (unpaired) electrons. The van der Waals surface area contributed by atoms with Crippen molar-refractivity contribution in [2.24, 2.45) is 0 Å². The molecule has 0 aliphatic carbocycles. The Kier molecular flexibility index (Phi) is 6.39. The van der Waals surface area contributed by atoms with Gasteiger partial charge in [-0.2, -0.15) is 0 Å². The number of nitrogens with one attached hydrogen (secondary N) is 2. The van der Waals surface area contributed by atoms with Gasteiger partial charge in [0.15, 0.2) is 0 Å². The van der Waals surface area contributed by atoms with Gasteiger partial charge in [0, 0.05) is 34.4 Å². The second-order valence-electron chi connectivity index (χ2n) is 5.81. The van der Waals surface area contributed by atoms with Crippen LogP contribution in [-0.2, 0) is 20.7 Å². The molecule has 0 aliphatic rings. The number of fused-ring (bicyclic) bond motifs is 1. The maximum absolute atomic E-state index is 11.9. The van der Waals surface area contributed by atoms with E-state index in [1.807, 2.05) is 32.0 Å². The second kappa shape index (κ2) is 8.30. The van der Waals surface area contributed by atoms with Crippen molar-refractivity contribution in [2.75, 3.05) is 6.61 Å². The smallest absolute Gasteiger partial charge is 0.326 e. The van der Waals surface area contributed by atoms with Gasteiger partial charge >= 0.3 is 5.97 Å². The van der Waals surface area contributed by atoms with Crippen LogP contribution in [0.15, 0.2) is 28.9 Å². The van der Waals surface area contributed by atoms with E-state index in [0.29, 0.717) is 0 Å². The fourth-order valence-electron chi connectivity index (χ4n) is 2.44. The molecule has 0 saturated carbocycles. The van der Waals surface area contributed by atoms with Crippen molar-refractivity contribution in [1.29, 1.82) is 0 Å². The Bertz CT molecular complexity index is 726. The molecule has 0 saturated heterocycles. The van der Waals surface area contributed by atoms with Crippen molar-refractivity contribution in [3.63, 3.8) is 0 Å². The van der Waals surface area contributed by atoms with Crippen molar-refractivity contribution in [2.45, 2.75) is 38.8 Å². The average molecular weight is 397 g/mol. The van der Waals surface area contributed by atoms with Crippen LogP contribution in [0.3, 0.4) is 0 Å². The Morgan fingerprint density at radius 3 is 2.79 bits per heavy atom. The average Bonchev–Trinajstić information content (AvgIpc) is 2.90. The third-order valence-corrected chi connectivity index (χ3v) is 4.24. The minimum absolute atomic E-state index is 0.0386. The van der Waals surface area contributed by atoms with Crippen molar-refractivity contribution in [3.8, 4) is 0 Å². The molecule has 0 bridgehead atoms. The molecule has 1 atom stereocenters. The monoisotopic (exact) mass is 396 g/mol. The second-order valence-corrected chi connectivity index (χ2v) is 6.66.